The maximum atomic E-state index is 12.4. The molecule has 2 N–H and O–H groups in total. The predicted molar refractivity (Wildman–Crippen MR) is 113 cm³/mol. The molecule has 146 valence electrons. The summed E-state index contributed by atoms with van der Waals surface area (Å²) in [6.45, 7) is 2.11. The van der Waals surface area contributed by atoms with Gasteiger partial charge in [-0.1, -0.05) is 42.0 Å². The second kappa shape index (κ2) is 7.62. The molecule has 6 nitrogen and oxygen atoms in total. The third-order valence-corrected chi connectivity index (χ3v) is 6.11. The van der Waals surface area contributed by atoms with Crippen LogP contribution in [0.5, 0.6) is 0 Å². The van der Waals surface area contributed by atoms with Crippen molar-refractivity contribution in [3.05, 3.63) is 94.4 Å². The first-order chi connectivity index (χ1) is 13.9. The van der Waals surface area contributed by atoms with Crippen molar-refractivity contribution in [3.63, 3.8) is 0 Å². The quantitative estimate of drug-likeness (QED) is 0.532. The molecule has 0 bridgehead atoms. The molecule has 2 heterocycles. The molecular formula is C22H19N3O3S. The summed E-state index contributed by atoms with van der Waals surface area (Å²) in [4.78, 5) is 18.7. The van der Waals surface area contributed by atoms with Crippen LogP contribution in [-0.2, 0) is 16.6 Å². The largest absolute Gasteiger partial charge is 0.307 e. The Hall–Kier alpha value is -3.29. The summed E-state index contributed by atoms with van der Waals surface area (Å²) in [6.07, 6.45) is 1.65. The van der Waals surface area contributed by atoms with Crippen molar-refractivity contribution in [2.45, 2.75) is 18.4 Å². The Labute approximate surface area is 168 Å². The molecule has 2 aromatic carbocycles. The third kappa shape index (κ3) is 4.11. The van der Waals surface area contributed by atoms with E-state index < -0.39 is 10.0 Å². The number of aromatic amines is 1. The Morgan fingerprint density at radius 2 is 1.66 bits per heavy atom. The Balaban J connectivity index is 1.54. The van der Waals surface area contributed by atoms with Crippen LogP contribution in [0, 0.1) is 6.92 Å². The molecule has 0 aliphatic carbocycles. The highest BCUT2D eigenvalue weighted by Crippen LogP contribution is 2.26. The van der Waals surface area contributed by atoms with Crippen LogP contribution in [0.1, 0.15) is 11.1 Å². The van der Waals surface area contributed by atoms with E-state index in [0.29, 0.717) is 5.65 Å². The number of H-pyrrole nitrogens is 1. The summed E-state index contributed by atoms with van der Waals surface area (Å²) in [5.74, 6) is 0. The number of sulfonamides is 1. The molecule has 0 amide bonds. The van der Waals surface area contributed by atoms with Gasteiger partial charge in [-0.15, -0.1) is 0 Å². The molecular weight excluding hydrogens is 386 g/mol. The standard InChI is InChI=1S/C22H19N3O3S/c1-15-2-8-18(9-3-15)29(27,28)24-14-16-4-6-17(7-5-16)19-12-13-23-22-20(19)10-11-21(26)25-22/h2-13,24H,14H2,1H3,(H,23,25,26). The van der Waals surface area contributed by atoms with Crippen molar-refractivity contribution in [1.29, 1.82) is 0 Å². The van der Waals surface area contributed by atoms with Gasteiger partial charge >= 0.3 is 0 Å². The number of rotatable bonds is 5. The minimum atomic E-state index is -3.56. The molecule has 2 aromatic heterocycles. The fraction of sp³-hybridized carbons (Fsp3) is 0.0909. The van der Waals surface area contributed by atoms with Crippen molar-refractivity contribution in [3.8, 4) is 11.1 Å². The monoisotopic (exact) mass is 405 g/mol. The number of nitrogens with one attached hydrogen (secondary N) is 2. The maximum absolute atomic E-state index is 12.4. The molecule has 0 aliphatic heterocycles. The van der Waals surface area contributed by atoms with Crippen LogP contribution in [-0.4, -0.2) is 18.4 Å². The fourth-order valence-electron chi connectivity index (χ4n) is 3.09. The Morgan fingerprint density at radius 1 is 0.931 bits per heavy atom. The minimum absolute atomic E-state index is 0.195. The van der Waals surface area contributed by atoms with E-state index in [-0.39, 0.29) is 17.0 Å². The van der Waals surface area contributed by atoms with E-state index in [9.17, 15) is 13.2 Å². The summed E-state index contributed by atoms with van der Waals surface area (Å²) in [6, 6.07) is 19.5. The van der Waals surface area contributed by atoms with Gasteiger partial charge in [0, 0.05) is 24.2 Å². The van der Waals surface area contributed by atoms with Gasteiger partial charge in [-0.05, 0) is 47.9 Å². The maximum Gasteiger partial charge on any atom is 0.249 e. The lowest BCUT2D eigenvalue weighted by Crippen LogP contribution is -2.23. The Kier molecular flexibility index (Phi) is 5.00. The topological polar surface area (TPSA) is 91.9 Å². The SMILES string of the molecule is Cc1ccc(S(=O)(=O)NCc2ccc(-c3ccnc4[nH]c(=O)ccc34)cc2)cc1. The lowest BCUT2D eigenvalue weighted by atomic mass is 10.0. The number of nitrogens with zero attached hydrogens (tertiary/aromatic N) is 1. The van der Waals surface area contributed by atoms with Crippen molar-refractivity contribution >= 4 is 21.1 Å². The van der Waals surface area contributed by atoms with Gasteiger partial charge in [-0.25, -0.2) is 18.1 Å². The first-order valence-corrected chi connectivity index (χ1v) is 10.5. The first-order valence-electron chi connectivity index (χ1n) is 9.06. The lowest BCUT2D eigenvalue weighted by molar-refractivity contribution is 0.581. The minimum Gasteiger partial charge on any atom is -0.307 e. The van der Waals surface area contributed by atoms with E-state index in [0.717, 1.165) is 27.6 Å². The summed E-state index contributed by atoms with van der Waals surface area (Å²) in [5.41, 5.74) is 4.08. The first kappa shape index (κ1) is 19.0. The summed E-state index contributed by atoms with van der Waals surface area (Å²) in [5, 5.41) is 0.847. The molecule has 0 aliphatic rings. The summed E-state index contributed by atoms with van der Waals surface area (Å²) >= 11 is 0. The predicted octanol–water partition coefficient (Wildman–Crippen LogP) is 3.38. The zero-order valence-electron chi connectivity index (χ0n) is 15.7. The Morgan fingerprint density at radius 3 is 2.38 bits per heavy atom. The van der Waals surface area contributed by atoms with E-state index in [1.54, 1.807) is 36.5 Å². The van der Waals surface area contributed by atoms with E-state index in [1.807, 2.05) is 37.3 Å². The second-order valence-corrected chi connectivity index (χ2v) is 8.54. The van der Waals surface area contributed by atoms with Gasteiger partial charge in [0.25, 0.3) is 0 Å². The van der Waals surface area contributed by atoms with Gasteiger partial charge in [-0.3, -0.25) is 4.79 Å². The summed E-state index contributed by atoms with van der Waals surface area (Å²) < 4.78 is 27.5. The van der Waals surface area contributed by atoms with Gasteiger partial charge in [0.1, 0.15) is 5.65 Å². The van der Waals surface area contributed by atoms with Crippen LogP contribution >= 0.6 is 0 Å². The molecule has 0 unspecified atom stereocenters. The lowest BCUT2D eigenvalue weighted by Gasteiger charge is -2.09. The third-order valence-electron chi connectivity index (χ3n) is 4.70. The molecule has 29 heavy (non-hydrogen) atoms. The fourth-order valence-corrected chi connectivity index (χ4v) is 4.11. The van der Waals surface area contributed by atoms with Crippen molar-refractivity contribution < 1.29 is 8.42 Å². The highest BCUT2D eigenvalue weighted by Gasteiger charge is 2.13. The van der Waals surface area contributed by atoms with Gasteiger partial charge in [-0.2, -0.15) is 0 Å². The summed E-state index contributed by atoms with van der Waals surface area (Å²) in [7, 11) is -3.56. The van der Waals surface area contributed by atoms with Crippen LogP contribution in [0.15, 0.2) is 82.6 Å². The molecule has 4 aromatic rings. The van der Waals surface area contributed by atoms with Crippen molar-refractivity contribution in [2.75, 3.05) is 0 Å². The van der Waals surface area contributed by atoms with Gasteiger partial charge in [0.2, 0.25) is 15.6 Å². The van der Waals surface area contributed by atoms with Crippen LogP contribution < -0.4 is 10.3 Å². The van der Waals surface area contributed by atoms with Crippen molar-refractivity contribution in [1.82, 2.24) is 14.7 Å². The van der Waals surface area contributed by atoms with Crippen LogP contribution in [0.3, 0.4) is 0 Å². The number of pyridine rings is 2. The highest BCUT2D eigenvalue weighted by molar-refractivity contribution is 7.89. The number of fused-ring (bicyclic) bond motifs is 1. The molecule has 0 saturated heterocycles. The molecule has 0 saturated carbocycles. The van der Waals surface area contributed by atoms with E-state index >= 15 is 0 Å². The van der Waals surface area contributed by atoms with Crippen molar-refractivity contribution in [2.24, 2.45) is 0 Å². The molecule has 7 heteroatoms. The van der Waals surface area contributed by atoms with E-state index in [4.69, 9.17) is 0 Å². The normalized spacial score (nSPS) is 11.6. The second-order valence-electron chi connectivity index (χ2n) is 6.78. The van der Waals surface area contributed by atoms with Crippen LogP contribution in [0.25, 0.3) is 22.2 Å². The molecule has 0 atom stereocenters. The van der Waals surface area contributed by atoms with Crippen LogP contribution in [0.2, 0.25) is 0 Å². The smallest absolute Gasteiger partial charge is 0.249 e. The van der Waals surface area contributed by atoms with Gasteiger partial charge in [0.05, 0.1) is 4.90 Å². The zero-order chi connectivity index (χ0) is 20.4. The van der Waals surface area contributed by atoms with E-state index in [2.05, 4.69) is 14.7 Å². The molecule has 4 rings (SSSR count). The molecule has 0 fully saturated rings. The molecule has 0 spiro atoms. The average molecular weight is 405 g/mol. The van der Waals surface area contributed by atoms with Crippen LogP contribution in [0.4, 0.5) is 0 Å². The number of benzene rings is 2. The zero-order valence-corrected chi connectivity index (χ0v) is 16.5. The van der Waals surface area contributed by atoms with Gasteiger partial charge < -0.3 is 4.98 Å². The number of hydrogen-bond acceptors (Lipinski definition) is 4. The Bertz CT molecular complexity index is 1330. The number of aromatic nitrogens is 2. The molecule has 0 radical (unpaired) electrons. The van der Waals surface area contributed by atoms with Gasteiger partial charge in [0.15, 0.2) is 0 Å². The highest BCUT2D eigenvalue weighted by atomic mass is 32.2. The van der Waals surface area contributed by atoms with E-state index in [1.165, 1.54) is 6.07 Å². The average Bonchev–Trinajstić information content (AvgIpc) is 2.72. The number of hydrogen-bond donors (Lipinski definition) is 2. The number of aryl methyl sites for hydroxylation is 1.